The molecule has 0 radical (unpaired) electrons. The van der Waals surface area contributed by atoms with Crippen LogP contribution in [0.1, 0.15) is 12.0 Å². The van der Waals surface area contributed by atoms with Gasteiger partial charge in [0.2, 0.25) is 5.91 Å². The first-order valence-electron chi connectivity index (χ1n) is 6.56. The summed E-state index contributed by atoms with van der Waals surface area (Å²) in [6.45, 7) is 2.67. The van der Waals surface area contributed by atoms with Crippen molar-refractivity contribution in [2.75, 3.05) is 26.3 Å². The first-order valence-corrected chi connectivity index (χ1v) is 6.56. The van der Waals surface area contributed by atoms with Crippen LogP contribution in [0.4, 0.5) is 4.39 Å². The summed E-state index contributed by atoms with van der Waals surface area (Å²) in [5.41, 5.74) is 1.01. The molecule has 2 rings (SSSR count). The highest BCUT2D eigenvalue weighted by molar-refractivity contribution is 5.85. The lowest BCUT2D eigenvalue weighted by atomic mass is 10.1. The van der Waals surface area contributed by atoms with E-state index in [0.717, 1.165) is 12.1 Å². The predicted octanol–water partition coefficient (Wildman–Crippen LogP) is 1.28. The van der Waals surface area contributed by atoms with Gasteiger partial charge in [0.1, 0.15) is 5.82 Å². The van der Waals surface area contributed by atoms with Gasteiger partial charge in [-0.25, -0.2) is 4.39 Å². The van der Waals surface area contributed by atoms with Crippen LogP contribution in [0.2, 0.25) is 0 Å². The van der Waals surface area contributed by atoms with Gasteiger partial charge >= 0.3 is 0 Å². The maximum atomic E-state index is 12.7. The lowest BCUT2D eigenvalue weighted by Gasteiger charge is -2.23. The van der Waals surface area contributed by atoms with E-state index in [1.165, 1.54) is 12.1 Å². The van der Waals surface area contributed by atoms with Gasteiger partial charge < -0.3 is 15.4 Å². The highest BCUT2D eigenvalue weighted by Gasteiger charge is 2.16. The van der Waals surface area contributed by atoms with Crippen LogP contribution in [0, 0.1) is 5.82 Å². The minimum Gasteiger partial charge on any atom is -0.378 e. The van der Waals surface area contributed by atoms with Crippen molar-refractivity contribution in [1.82, 2.24) is 10.6 Å². The number of nitrogens with one attached hydrogen (secondary N) is 2. The van der Waals surface area contributed by atoms with E-state index < -0.39 is 0 Å². The molecule has 0 aromatic heterocycles. The highest BCUT2D eigenvalue weighted by atomic mass is 35.5. The van der Waals surface area contributed by atoms with Gasteiger partial charge in [-0.05, 0) is 24.1 Å². The molecular weight excluding hydrogens is 283 g/mol. The summed E-state index contributed by atoms with van der Waals surface area (Å²) in [5, 5.41) is 6.10. The van der Waals surface area contributed by atoms with Gasteiger partial charge in [-0.3, -0.25) is 4.79 Å². The van der Waals surface area contributed by atoms with E-state index in [0.29, 0.717) is 32.6 Å². The van der Waals surface area contributed by atoms with Crippen LogP contribution in [0.5, 0.6) is 0 Å². The van der Waals surface area contributed by atoms with Crippen LogP contribution >= 0.6 is 12.4 Å². The summed E-state index contributed by atoms with van der Waals surface area (Å²) < 4.78 is 18.0. The molecule has 0 aliphatic carbocycles. The molecule has 1 aliphatic heterocycles. The largest absolute Gasteiger partial charge is 0.378 e. The molecule has 0 bridgehead atoms. The van der Waals surface area contributed by atoms with Gasteiger partial charge in [-0.2, -0.15) is 0 Å². The zero-order chi connectivity index (χ0) is 13.5. The molecule has 1 heterocycles. The summed E-state index contributed by atoms with van der Waals surface area (Å²) >= 11 is 0. The van der Waals surface area contributed by atoms with Crippen LogP contribution < -0.4 is 10.6 Å². The fourth-order valence-electron chi connectivity index (χ4n) is 2.04. The molecule has 1 aromatic rings. The quantitative estimate of drug-likeness (QED) is 0.861. The van der Waals surface area contributed by atoms with E-state index in [-0.39, 0.29) is 30.2 Å². The molecule has 2 N–H and O–H groups in total. The van der Waals surface area contributed by atoms with Gasteiger partial charge in [0, 0.05) is 25.6 Å². The summed E-state index contributed by atoms with van der Waals surface area (Å²) in [4.78, 5) is 11.7. The number of rotatable bonds is 5. The fraction of sp³-hybridized carbons (Fsp3) is 0.500. The Bertz CT molecular complexity index is 408. The van der Waals surface area contributed by atoms with E-state index in [4.69, 9.17) is 4.74 Å². The van der Waals surface area contributed by atoms with Crippen molar-refractivity contribution >= 4 is 18.3 Å². The highest BCUT2D eigenvalue weighted by Crippen LogP contribution is 2.03. The second-order valence-corrected chi connectivity index (χ2v) is 4.66. The van der Waals surface area contributed by atoms with Crippen LogP contribution in [0.3, 0.4) is 0 Å². The Morgan fingerprint density at radius 1 is 1.40 bits per heavy atom. The normalized spacial score (nSPS) is 18.1. The molecule has 1 atom stereocenters. The smallest absolute Gasteiger partial charge is 0.221 e. The molecule has 1 fully saturated rings. The maximum Gasteiger partial charge on any atom is 0.221 e. The summed E-state index contributed by atoms with van der Waals surface area (Å²) in [7, 11) is 0. The third-order valence-electron chi connectivity index (χ3n) is 3.08. The van der Waals surface area contributed by atoms with Crippen molar-refractivity contribution in [3.8, 4) is 0 Å². The van der Waals surface area contributed by atoms with Crippen molar-refractivity contribution < 1.29 is 13.9 Å². The average Bonchev–Trinajstić information content (AvgIpc) is 2.42. The second kappa shape index (κ2) is 8.89. The van der Waals surface area contributed by atoms with Crippen molar-refractivity contribution in [3.63, 3.8) is 0 Å². The first kappa shape index (κ1) is 16.9. The number of carbonyl (C=O) groups is 1. The maximum absolute atomic E-state index is 12.7. The molecule has 6 heteroatoms. The zero-order valence-electron chi connectivity index (χ0n) is 11.2. The van der Waals surface area contributed by atoms with Crippen LogP contribution in [0.25, 0.3) is 0 Å². The van der Waals surface area contributed by atoms with Crippen LogP contribution in [-0.4, -0.2) is 38.3 Å². The number of amides is 1. The van der Waals surface area contributed by atoms with E-state index in [1.807, 2.05) is 0 Å². The Hall–Kier alpha value is -1.17. The molecule has 0 saturated carbocycles. The van der Waals surface area contributed by atoms with Gasteiger partial charge in [0.25, 0.3) is 0 Å². The van der Waals surface area contributed by atoms with Gasteiger partial charge in [0.15, 0.2) is 0 Å². The summed E-state index contributed by atoms with van der Waals surface area (Å²) in [6, 6.07) is 6.44. The van der Waals surface area contributed by atoms with Gasteiger partial charge in [-0.1, -0.05) is 12.1 Å². The van der Waals surface area contributed by atoms with E-state index >= 15 is 0 Å². The van der Waals surface area contributed by atoms with Crippen LogP contribution in [-0.2, 0) is 16.0 Å². The molecular formula is C14H20ClFN2O2. The lowest BCUT2D eigenvalue weighted by molar-refractivity contribution is -0.122. The molecule has 4 nitrogen and oxygen atoms in total. The number of carbonyl (C=O) groups excluding carboxylic acids is 1. The molecule has 0 spiro atoms. The van der Waals surface area contributed by atoms with E-state index in [9.17, 15) is 9.18 Å². The van der Waals surface area contributed by atoms with E-state index in [2.05, 4.69) is 10.6 Å². The number of hydrogen-bond acceptors (Lipinski definition) is 3. The molecule has 1 unspecified atom stereocenters. The number of ether oxygens (including phenoxy) is 1. The second-order valence-electron chi connectivity index (χ2n) is 4.66. The Balaban J connectivity index is 0.00000200. The Morgan fingerprint density at radius 2 is 2.15 bits per heavy atom. The molecule has 20 heavy (non-hydrogen) atoms. The van der Waals surface area contributed by atoms with Crippen molar-refractivity contribution in [3.05, 3.63) is 35.6 Å². The van der Waals surface area contributed by atoms with Crippen molar-refractivity contribution in [2.45, 2.75) is 18.9 Å². The van der Waals surface area contributed by atoms with Gasteiger partial charge in [0.05, 0.1) is 13.2 Å². The zero-order valence-corrected chi connectivity index (χ0v) is 12.0. The number of halogens is 2. The average molecular weight is 303 g/mol. The van der Waals surface area contributed by atoms with Crippen molar-refractivity contribution in [1.29, 1.82) is 0 Å². The monoisotopic (exact) mass is 302 g/mol. The SMILES string of the molecule is Cl.O=C(CC1COCCN1)NCCc1ccc(F)cc1. The standard InChI is InChI=1S/C14H19FN2O2.ClH/c15-12-3-1-11(2-4-12)5-6-17-14(18)9-13-10-19-8-7-16-13;/h1-4,13,16H,5-10H2,(H,17,18);1H. The predicted molar refractivity (Wildman–Crippen MR) is 77.6 cm³/mol. The number of benzene rings is 1. The van der Waals surface area contributed by atoms with Gasteiger partial charge in [-0.15, -0.1) is 12.4 Å². The van der Waals surface area contributed by atoms with Crippen LogP contribution in [0.15, 0.2) is 24.3 Å². The molecule has 1 aromatic carbocycles. The topological polar surface area (TPSA) is 50.4 Å². The Morgan fingerprint density at radius 3 is 2.80 bits per heavy atom. The molecule has 1 aliphatic rings. The molecule has 1 amide bonds. The number of hydrogen-bond donors (Lipinski definition) is 2. The molecule has 112 valence electrons. The van der Waals surface area contributed by atoms with E-state index in [1.54, 1.807) is 12.1 Å². The Labute approximate surface area is 124 Å². The summed E-state index contributed by atoms with van der Waals surface area (Å²) in [5.74, 6) is -0.221. The lowest BCUT2D eigenvalue weighted by Crippen LogP contribution is -2.44. The number of morpholine rings is 1. The van der Waals surface area contributed by atoms with Crippen molar-refractivity contribution in [2.24, 2.45) is 0 Å². The minimum absolute atomic E-state index is 0. The first-order chi connectivity index (χ1) is 9.24. The minimum atomic E-state index is -0.240. The Kier molecular flexibility index (Phi) is 7.51. The molecule has 1 saturated heterocycles. The summed E-state index contributed by atoms with van der Waals surface area (Å²) in [6.07, 6.45) is 1.14. The fourth-order valence-corrected chi connectivity index (χ4v) is 2.04. The third-order valence-corrected chi connectivity index (χ3v) is 3.08. The third kappa shape index (κ3) is 5.86.